The van der Waals surface area contributed by atoms with Crippen molar-refractivity contribution in [1.29, 1.82) is 0 Å². The molecule has 0 radical (unpaired) electrons. The Morgan fingerprint density at radius 3 is 3.00 bits per heavy atom. The van der Waals surface area contributed by atoms with E-state index >= 15 is 0 Å². The van der Waals surface area contributed by atoms with E-state index in [9.17, 15) is 4.79 Å². The summed E-state index contributed by atoms with van der Waals surface area (Å²) in [7, 11) is 0. The number of hydrogen-bond donors (Lipinski definition) is 0. The van der Waals surface area contributed by atoms with Gasteiger partial charge >= 0.3 is 0 Å². The Labute approximate surface area is 39.6 Å². The topological polar surface area (TPSA) is 29.4 Å². The largest absolute Gasteiger partial charge is 0.414 e. The van der Waals surface area contributed by atoms with Crippen LogP contribution in [0.15, 0.2) is 4.99 Å². The lowest BCUT2D eigenvalue weighted by Crippen LogP contribution is -1.86. The zero-order valence-electron chi connectivity index (χ0n) is 2.97. The van der Waals surface area contributed by atoms with Crippen molar-refractivity contribution in [2.45, 2.75) is 0 Å². The van der Waals surface area contributed by atoms with Crippen molar-refractivity contribution in [3.63, 3.8) is 0 Å². The van der Waals surface area contributed by atoms with E-state index in [4.69, 9.17) is 0 Å². The highest BCUT2D eigenvalue weighted by Crippen LogP contribution is 2.02. The Bertz CT molecular complexity index is 99.0. The van der Waals surface area contributed by atoms with Crippen LogP contribution in [0.1, 0.15) is 0 Å². The second-order valence-corrected chi connectivity index (χ2v) is 1.65. The lowest BCUT2D eigenvalue weighted by atomic mass is 10.8. The molecule has 0 saturated carbocycles. The minimum Gasteiger partial charge on any atom is -0.414 e. The Kier molecular flexibility index (Phi) is 0.919. The third kappa shape index (κ3) is 0.597. The molecule has 0 aromatic carbocycles. The standard InChI is InChI=1S/C3H2NOS/c5-3-1-6-2-4-3/h1H2/q-1. The van der Waals surface area contributed by atoms with Crippen molar-refractivity contribution < 1.29 is 4.79 Å². The van der Waals surface area contributed by atoms with E-state index in [1.165, 1.54) is 11.8 Å². The number of carbonyl (C=O) groups excluding carboxylic acids is 1. The molecule has 0 unspecified atom stereocenters. The van der Waals surface area contributed by atoms with E-state index in [-0.39, 0.29) is 5.91 Å². The number of rotatable bonds is 0. The number of amides is 1. The van der Waals surface area contributed by atoms with Crippen LogP contribution in [0, 0.1) is 0 Å². The van der Waals surface area contributed by atoms with Gasteiger partial charge in [-0.15, -0.1) is 5.55 Å². The predicted molar refractivity (Wildman–Crippen MR) is 24.9 cm³/mol. The minimum atomic E-state index is -0.0694. The number of hydrogen-bond acceptors (Lipinski definition) is 2. The first-order valence-electron chi connectivity index (χ1n) is 1.50. The van der Waals surface area contributed by atoms with Crippen LogP contribution >= 0.6 is 11.8 Å². The predicted octanol–water partition coefficient (Wildman–Crippen LogP) is 0.165. The number of aliphatic imine (C=N–C) groups is 1. The maximum absolute atomic E-state index is 9.99. The highest BCUT2D eigenvalue weighted by Gasteiger charge is 1.86. The fraction of sp³-hybridized carbons (Fsp3) is 0.333. The van der Waals surface area contributed by atoms with Gasteiger partial charge in [0.15, 0.2) is 0 Å². The van der Waals surface area contributed by atoms with Crippen LogP contribution in [-0.2, 0) is 4.79 Å². The van der Waals surface area contributed by atoms with Crippen molar-refractivity contribution in [2.75, 3.05) is 5.75 Å². The van der Waals surface area contributed by atoms with E-state index in [0.717, 1.165) is 0 Å². The van der Waals surface area contributed by atoms with Gasteiger partial charge in [0, 0.05) is 0 Å². The number of carbonyl (C=O) groups is 1. The second-order valence-electron chi connectivity index (χ2n) is 0.886. The molecule has 2 nitrogen and oxygen atoms in total. The SMILES string of the molecule is O=C1CS[C-]=N1. The maximum atomic E-state index is 9.99. The first-order chi connectivity index (χ1) is 2.89. The van der Waals surface area contributed by atoms with Crippen LogP contribution in [0.5, 0.6) is 0 Å². The van der Waals surface area contributed by atoms with Crippen LogP contribution in [0.3, 0.4) is 0 Å². The first-order valence-corrected chi connectivity index (χ1v) is 2.48. The average molecular weight is 100 g/mol. The van der Waals surface area contributed by atoms with Crippen LogP contribution in [0.2, 0.25) is 0 Å². The highest BCUT2D eigenvalue weighted by atomic mass is 32.2. The number of nitrogens with zero attached hydrogens (tertiary/aromatic N) is 1. The molecule has 0 fully saturated rings. The summed E-state index contributed by atoms with van der Waals surface area (Å²) in [6.07, 6.45) is 0. The molecule has 1 heterocycles. The fourth-order valence-electron chi connectivity index (χ4n) is 0.209. The lowest BCUT2D eigenvalue weighted by molar-refractivity contribution is -0.115. The maximum Gasteiger partial charge on any atom is 0.0958 e. The molecule has 32 valence electrons. The highest BCUT2D eigenvalue weighted by molar-refractivity contribution is 8.13. The van der Waals surface area contributed by atoms with Crippen molar-refractivity contribution in [1.82, 2.24) is 0 Å². The molecule has 3 heteroatoms. The fourth-order valence-corrected chi connectivity index (χ4v) is 0.628. The molecule has 0 aromatic rings. The molecule has 0 spiro atoms. The molecule has 0 N–H and O–H groups in total. The normalized spacial score (nSPS) is 19.7. The van der Waals surface area contributed by atoms with E-state index in [1.54, 1.807) is 0 Å². The number of thioether (sulfide) groups is 1. The van der Waals surface area contributed by atoms with Gasteiger partial charge in [-0.3, -0.25) is 0 Å². The second kappa shape index (κ2) is 1.43. The minimum absolute atomic E-state index is 0.0694. The summed E-state index contributed by atoms with van der Waals surface area (Å²) in [6, 6.07) is 0. The van der Waals surface area contributed by atoms with E-state index < -0.39 is 0 Å². The molecule has 0 aliphatic carbocycles. The summed E-state index contributed by atoms with van der Waals surface area (Å²) in [5.41, 5.74) is 2.46. The quantitative estimate of drug-likeness (QED) is 0.406. The Hall–Kier alpha value is -0.310. The first kappa shape index (κ1) is 3.87. The Morgan fingerprint density at radius 1 is 2.00 bits per heavy atom. The van der Waals surface area contributed by atoms with Gasteiger partial charge in [0.2, 0.25) is 0 Å². The molecule has 1 aliphatic heterocycles. The summed E-state index contributed by atoms with van der Waals surface area (Å²) in [5.74, 6) is 0.417. The van der Waals surface area contributed by atoms with Crippen molar-refractivity contribution >= 4 is 23.2 Å². The van der Waals surface area contributed by atoms with Gasteiger partial charge in [0.25, 0.3) is 0 Å². The van der Waals surface area contributed by atoms with Gasteiger partial charge in [-0.05, 0) is 5.75 Å². The van der Waals surface area contributed by atoms with Gasteiger partial charge in [0.05, 0.1) is 5.91 Å². The van der Waals surface area contributed by atoms with E-state index in [2.05, 4.69) is 10.5 Å². The summed E-state index contributed by atoms with van der Waals surface area (Å²) < 4.78 is 0. The summed E-state index contributed by atoms with van der Waals surface area (Å²) >= 11 is 1.32. The van der Waals surface area contributed by atoms with Gasteiger partial charge in [-0.25, -0.2) is 11.8 Å². The third-order valence-electron chi connectivity index (χ3n) is 0.431. The zero-order chi connectivity index (χ0) is 4.41. The molecule has 1 aliphatic rings. The van der Waals surface area contributed by atoms with E-state index in [1.807, 2.05) is 0 Å². The van der Waals surface area contributed by atoms with Crippen LogP contribution in [-0.4, -0.2) is 17.2 Å². The molecule has 1 rings (SSSR count). The molecular weight excluding hydrogens is 98.1 g/mol. The molecule has 0 saturated heterocycles. The van der Waals surface area contributed by atoms with Gasteiger partial charge in [0.1, 0.15) is 0 Å². The van der Waals surface area contributed by atoms with E-state index in [0.29, 0.717) is 5.75 Å². The van der Waals surface area contributed by atoms with Crippen molar-refractivity contribution in [2.24, 2.45) is 4.99 Å². The molecule has 1 amide bonds. The zero-order valence-corrected chi connectivity index (χ0v) is 3.79. The average Bonchev–Trinajstić information content (AvgIpc) is 1.86. The third-order valence-corrected chi connectivity index (χ3v) is 1.04. The van der Waals surface area contributed by atoms with Crippen LogP contribution in [0.25, 0.3) is 0 Å². The summed E-state index contributed by atoms with van der Waals surface area (Å²) in [4.78, 5) is 13.3. The molecule has 6 heavy (non-hydrogen) atoms. The molecular formula is C3H2NOS-. The summed E-state index contributed by atoms with van der Waals surface area (Å²) in [5, 5.41) is 0. The molecule has 0 atom stereocenters. The molecule has 0 bridgehead atoms. The van der Waals surface area contributed by atoms with Gasteiger partial charge in [-0.2, -0.15) is 0 Å². The monoisotopic (exact) mass is 100.0 g/mol. The smallest absolute Gasteiger partial charge is 0.0958 e. The molecule has 0 aromatic heterocycles. The van der Waals surface area contributed by atoms with Gasteiger partial charge in [-0.1, -0.05) is 0 Å². The Balaban J connectivity index is 2.59. The Morgan fingerprint density at radius 2 is 2.83 bits per heavy atom. The lowest BCUT2D eigenvalue weighted by Gasteiger charge is -1.82. The van der Waals surface area contributed by atoms with Crippen molar-refractivity contribution in [3.8, 4) is 0 Å². The van der Waals surface area contributed by atoms with Crippen LogP contribution < -0.4 is 0 Å². The van der Waals surface area contributed by atoms with Crippen LogP contribution in [0.4, 0.5) is 0 Å². The van der Waals surface area contributed by atoms with Gasteiger partial charge < -0.3 is 9.79 Å². The van der Waals surface area contributed by atoms with Crippen molar-refractivity contribution in [3.05, 3.63) is 0 Å². The summed E-state index contributed by atoms with van der Waals surface area (Å²) in [6.45, 7) is 0.